The summed E-state index contributed by atoms with van der Waals surface area (Å²) < 4.78 is 0. The average Bonchev–Trinajstić information content (AvgIpc) is 2.98. The Labute approximate surface area is 150 Å². The third-order valence-electron chi connectivity index (χ3n) is 4.91. The average molecular weight is 354 g/mol. The first kappa shape index (κ1) is 16.4. The maximum Gasteiger partial charge on any atom is 0.259 e. The van der Waals surface area contributed by atoms with Crippen LogP contribution in [0.2, 0.25) is 0 Å². The van der Waals surface area contributed by atoms with Crippen LogP contribution in [-0.4, -0.2) is 15.0 Å². The van der Waals surface area contributed by atoms with Gasteiger partial charge in [-0.2, -0.15) is 0 Å². The molecule has 0 amide bonds. The Bertz CT molecular complexity index is 947. The second kappa shape index (κ2) is 6.69. The van der Waals surface area contributed by atoms with E-state index in [1.54, 1.807) is 17.5 Å². The standard InChI is InChI=1S/C19H22N4OS/c1-11-6-7-14-15(9-11)25-19-16(14)18(24)22-17(23-19)12(2)21-10-13-5-3-4-8-20-13/h3-5,8,11-12,21H,6-7,9-10H2,1-2H3,(H,22,23,24)/t11-,12+/m0/s1. The van der Waals surface area contributed by atoms with Crippen LogP contribution in [0.5, 0.6) is 0 Å². The molecule has 0 aromatic carbocycles. The van der Waals surface area contributed by atoms with Gasteiger partial charge in [0.1, 0.15) is 10.7 Å². The summed E-state index contributed by atoms with van der Waals surface area (Å²) in [6.07, 6.45) is 5.00. The predicted molar refractivity (Wildman–Crippen MR) is 101 cm³/mol. The minimum Gasteiger partial charge on any atom is -0.309 e. The van der Waals surface area contributed by atoms with Gasteiger partial charge in [-0.05, 0) is 49.8 Å². The third kappa shape index (κ3) is 3.24. The van der Waals surface area contributed by atoms with Crippen LogP contribution >= 0.6 is 11.3 Å². The van der Waals surface area contributed by atoms with E-state index in [2.05, 4.69) is 22.2 Å². The summed E-state index contributed by atoms with van der Waals surface area (Å²) in [7, 11) is 0. The van der Waals surface area contributed by atoms with Crippen molar-refractivity contribution in [1.29, 1.82) is 0 Å². The lowest BCUT2D eigenvalue weighted by atomic mass is 9.89. The van der Waals surface area contributed by atoms with E-state index in [9.17, 15) is 4.79 Å². The number of aromatic nitrogens is 3. The lowest BCUT2D eigenvalue weighted by molar-refractivity contribution is 0.509. The number of aromatic amines is 1. The number of hydrogen-bond acceptors (Lipinski definition) is 5. The molecule has 25 heavy (non-hydrogen) atoms. The van der Waals surface area contributed by atoms with Gasteiger partial charge in [-0.15, -0.1) is 11.3 Å². The molecule has 0 saturated carbocycles. The molecule has 3 aromatic heterocycles. The molecule has 130 valence electrons. The number of pyridine rings is 1. The molecule has 4 rings (SSSR count). The molecule has 0 spiro atoms. The Hall–Kier alpha value is -2.05. The number of aryl methyl sites for hydroxylation is 1. The Morgan fingerprint density at radius 3 is 3.12 bits per heavy atom. The molecule has 3 heterocycles. The first-order valence-electron chi connectivity index (χ1n) is 8.79. The third-order valence-corrected chi connectivity index (χ3v) is 6.06. The van der Waals surface area contributed by atoms with Crippen LogP contribution in [0, 0.1) is 5.92 Å². The summed E-state index contributed by atoms with van der Waals surface area (Å²) in [5, 5.41) is 4.20. The molecule has 0 fully saturated rings. The van der Waals surface area contributed by atoms with Crippen molar-refractivity contribution in [2.24, 2.45) is 5.92 Å². The molecule has 0 radical (unpaired) electrons. The van der Waals surface area contributed by atoms with Crippen molar-refractivity contribution >= 4 is 21.6 Å². The largest absolute Gasteiger partial charge is 0.309 e. The van der Waals surface area contributed by atoms with Gasteiger partial charge < -0.3 is 10.3 Å². The number of rotatable bonds is 4. The molecule has 0 unspecified atom stereocenters. The van der Waals surface area contributed by atoms with Gasteiger partial charge in [0.05, 0.1) is 17.1 Å². The predicted octanol–water partition coefficient (Wildman–Crippen LogP) is 3.36. The summed E-state index contributed by atoms with van der Waals surface area (Å²) in [5.74, 6) is 1.39. The van der Waals surface area contributed by atoms with Gasteiger partial charge in [0.25, 0.3) is 5.56 Å². The molecule has 0 bridgehead atoms. The second-order valence-corrected chi connectivity index (χ2v) is 7.99. The van der Waals surface area contributed by atoms with Crippen molar-refractivity contribution in [1.82, 2.24) is 20.3 Å². The van der Waals surface area contributed by atoms with E-state index >= 15 is 0 Å². The van der Waals surface area contributed by atoms with Gasteiger partial charge in [-0.1, -0.05) is 13.0 Å². The van der Waals surface area contributed by atoms with E-state index in [-0.39, 0.29) is 11.6 Å². The van der Waals surface area contributed by atoms with E-state index in [0.29, 0.717) is 18.3 Å². The molecular formula is C19H22N4OS. The summed E-state index contributed by atoms with van der Waals surface area (Å²) in [6.45, 7) is 4.94. The van der Waals surface area contributed by atoms with Crippen molar-refractivity contribution in [3.05, 3.63) is 56.7 Å². The fraction of sp³-hybridized carbons (Fsp3) is 0.421. The Morgan fingerprint density at radius 2 is 2.32 bits per heavy atom. The van der Waals surface area contributed by atoms with Crippen molar-refractivity contribution in [2.75, 3.05) is 0 Å². The number of nitrogens with one attached hydrogen (secondary N) is 2. The minimum absolute atomic E-state index is 0.00135. The van der Waals surface area contributed by atoms with Crippen molar-refractivity contribution in [3.8, 4) is 0 Å². The fourth-order valence-electron chi connectivity index (χ4n) is 3.43. The zero-order chi connectivity index (χ0) is 17.4. The lowest BCUT2D eigenvalue weighted by Crippen LogP contribution is -2.24. The van der Waals surface area contributed by atoms with Gasteiger partial charge in [0, 0.05) is 17.6 Å². The second-order valence-electron chi connectivity index (χ2n) is 6.91. The summed E-state index contributed by atoms with van der Waals surface area (Å²) >= 11 is 1.69. The highest BCUT2D eigenvalue weighted by Gasteiger charge is 2.23. The summed E-state index contributed by atoms with van der Waals surface area (Å²) in [4.78, 5) is 26.9. The van der Waals surface area contributed by atoms with Gasteiger partial charge in [0.2, 0.25) is 0 Å². The maximum atomic E-state index is 12.7. The molecule has 2 atom stereocenters. The zero-order valence-corrected chi connectivity index (χ0v) is 15.3. The van der Waals surface area contributed by atoms with E-state index in [1.807, 2.05) is 25.1 Å². The first-order valence-corrected chi connectivity index (χ1v) is 9.61. The number of fused-ring (bicyclic) bond motifs is 3. The monoisotopic (exact) mass is 354 g/mol. The number of hydrogen-bond donors (Lipinski definition) is 2. The van der Waals surface area contributed by atoms with E-state index < -0.39 is 0 Å². The smallest absolute Gasteiger partial charge is 0.259 e. The molecular weight excluding hydrogens is 332 g/mol. The highest BCUT2D eigenvalue weighted by Crippen LogP contribution is 2.35. The molecule has 3 aromatic rings. The van der Waals surface area contributed by atoms with Crippen LogP contribution in [0.3, 0.4) is 0 Å². The highest BCUT2D eigenvalue weighted by atomic mass is 32.1. The zero-order valence-electron chi connectivity index (χ0n) is 14.5. The van der Waals surface area contributed by atoms with Crippen molar-refractivity contribution in [3.63, 3.8) is 0 Å². The maximum absolute atomic E-state index is 12.7. The Balaban J connectivity index is 1.61. The van der Waals surface area contributed by atoms with Crippen LogP contribution < -0.4 is 10.9 Å². The Morgan fingerprint density at radius 1 is 1.44 bits per heavy atom. The van der Waals surface area contributed by atoms with Crippen molar-refractivity contribution in [2.45, 2.75) is 45.7 Å². The van der Waals surface area contributed by atoms with Crippen LogP contribution in [0.25, 0.3) is 10.2 Å². The molecule has 1 aliphatic rings. The molecule has 2 N–H and O–H groups in total. The van der Waals surface area contributed by atoms with Crippen molar-refractivity contribution < 1.29 is 0 Å². The quantitative estimate of drug-likeness (QED) is 0.754. The van der Waals surface area contributed by atoms with Gasteiger partial charge >= 0.3 is 0 Å². The van der Waals surface area contributed by atoms with Crippen LogP contribution in [0.15, 0.2) is 29.2 Å². The van der Waals surface area contributed by atoms with Gasteiger partial charge in [-0.3, -0.25) is 9.78 Å². The molecule has 0 saturated heterocycles. The Kier molecular flexibility index (Phi) is 4.39. The van der Waals surface area contributed by atoms with Gasteiger partial charge in [-0.25, -0.2) is 4.98 Å². The fourth-order valence-corrected chi connectivity index (χ4v) is 4.82. The van der Waals surface area contributed by atoms with Crippen LogP contribution in [0.1, 0.15) is 48.3 Å². The molecule has 6 heteroatoms. The number of H-pyrrole nitrogens is 1. The lowest BCUT2D eigenvalue weighted by Gasteiger charge is -2.17. The summed E-state index contributed by atoms with van der Waals surface area (Å²) in [5.41, 5.74) is 2.20. The first-order chi connectivity index (χ1) is 12.1. The summed E-state index contributed by atoms with van der Waals surface area (Å²) in [6, 6.07) is 5.81. The normalized spacial score (nSPS) is 18.2. The molecule has 0 aliphatic heterocycles. The van der Waals surface area contributed by atoms with E-state index in [4.69, 9.17) is 4.98 Å². The highest BCUT2D eigenvalue weighted by molar-refractivity contribution is 7.18. The van der Waals surface area contributed by atoms with E-state index in [0.717, 1.165) is 35.2 Å². The SMILES string of the molecule is C[C@H]1CCc2c(sc3nc([C@@H](C)NCc4ccccn4)[nH]c(=O)c23)C1. The van der Waals surface area contributed by atoms with Crippen LogP contribution in [0.4, 0.5) is 0 Å². The molecule has 5 nitrogen and oxygen atoms in total. The van der Waals surface area contributed by atoms with Crippen LogP contribution in [-0.2, 0) is 19.4 Å². The van der Waals surface area contributed by atoms with Gasteiger partial charge in [0.15, 0.2) is 0 Å². The number of thiophene rings is 1. The topological polar surface area (TPSA) is 70.7 Å². The number of nitrogens with zero attached hydrogens (tertiary/aromatic N) is 2. The molecule has 1 aliphatic carbocycles. The minimum atomic E-state index is -0.0443. The van der Waals surface area contributed by atoms with E-state index in [1.165, 1.54) is 10.4 Å².